The van der Waals surface area contributed by atoms with Crippen LogP contribution in [0.3, 0.4) is 0 Å². The van der Waals surface area contributed by atoms with Crippen molar-refractivity contribution < 1.29 is 17.9 Å². The number of hydrogen-bond acceptors (Lipinski definition) is 5. The summed E-state index contributed by atoms with van der Waals surface area (Å²) in [4.78, 5) is 11.7. The van der Waals surface area contributed by atoms with E-state index in [1.807, 2.05) is 6.92 Å². The average Bonchev–Trinajstić information content (AvgIpc) is 2.45. The van der Waals surface area contributed by atoms with Gasteiger partial charge in [0, 0.05) is 5.69 Å². The van der Waals surface area contributed by atoms with Crippen LogP contribution < -0.4 is 10.0 Å². The summed E-state index contributed by atoms with van der Waals surface area (Å²) in [6, 6.07) is 4.42. The zero-order valence-corrected chi connectivity index (χ0v) is 12.9. The SMILES string of the molecule is CCC(Nc1ccc(C)c(S(=O)(=O)NC)c1)C(=O)OC. The summed E-state index contributed by atoms with van der Waals surface area (Å²) in [5.74, 6) is -0.383. The number of carbonyl (C=O) groups excluding carboxylic acids is 1. The number of rotatable bonds is 6. The average molecular weight is 300 g/mol. The Bertz CT molecular complexity index is 584. The van der Waals surface area contributed by atoms with E-state index in [9.17, 15) is 13.2 Å². The molecule has 0 heterocycles. The van der Waals surface area contributed by atoms with Gasteiger partial charge in [0.1, 0.15) is 6.04 Å². The quantitative estimate of drug-likeness (QED) is 0.773. The monoisotopic (exact) mass is 300 g/mol. The molecule has 1 atom stereocenters. The minimum atomic E-state index is -3.53. The van der Waals surface area contributed by atoms with Gasteiger partial charge in [0.2, 0.25) is 10.0 Å². The normalized spacial score (nSPS) is 12.8. The molecule has 6 nitrogen and oxygen atoms in total. The molecule has 0 saturated heterocycles. The Morgan fingerprint density at radius 2 is 2.05 bits per heavy atom. The van der Waals surface area contributed by atoms with Crippen molar-refractivity contribution in [1.29, 1.82) is 0 Å². The summed E-state index contributed by atoms with van der Waals surface area (Å²) in [7, 11) is -0.848. The zero-order chi connectivity index (χ0) is 15.3. The van der Waals surface area contributed by atoms with E-state index in [-0.39, 0.29) is 10.9 Å². The zero-order valence-electron chi connectivity index (χ0n) is 12.1. The number of aryl methyl sites for hydroxylation is 1. The van der Waals surface area contributed by atoms with E-state index in [0.29, 0.717) is 17.7 Å². The summed E-state index contributed by atoms with van der Waals surface area (Å²) in [6.45, 7) is 3.56. The number of esters is 1. The van der Waals surface area contributed by atoms with Gasteiger partial charge in [-0.2, -0.15) is 0 Å². The van der Waals surface area contributed by atoms with Gasteiger partial charge in [-0.15, -0.1) is 0 Å². The largest absolute Gasteiger partial charge is 0.467 e. The Kier molecular flexibility index (Phi) is 5.52. The summed E-state index contributed by atoms with van der Waals surface area (Å²) in [6.07, 6.45) is 0.536. The molecule has 0 radical (unpaired) electrons. The second kappa shape index (κ2) is 6.71. The van der Waals surface area contributed by atoms with Crippen molar-refractivity contribution in [3.8, 4) is 0 Å². The van der Waals surface area contributed by atoms with Gasteiger partial charge in [-0.3, -0.25) is 0 Å². The Balaban J connectivity index is 3.10. The van der Waals surface area contributed by atoms with E-state index < -0.39 is 16.1 Å². The maximum absolute atomic E-state index is 11.9. The second-order valence-corrected chi connectivity index (χ2v) is 6.17. The van der Waals surface area contributed by atoms with Gasteiger partial charge >= 0.3 is 5.97 Å². The lowest BCUT2D eigenvalue weighted by atomic mass is 10.2. The van der Waals surface area contributed by atoms with Crippen molar-refractivity contribution in [1.82, 2.24) is 4.72 Å². The van der Waals surface area contributed by atoms with Crippen LogP contribution in [0.2, 0.25) is 0 Å². The van der Waals surface area contributed by atoms with Crippen LogP contribution in [-0.2, 0) is 19.6 Å². The molecule has 0 saturated carbocycles. The standard InChI is InChI=1S/C13H20N2O4S/c1-5-11(13(16)19-4)15-10-7-6-9(2)12(8-10)20(17,18)14-3/h6-8,11,14-15H,5H2,1-4H3. The number of nitrogens with one attached hydrogen (secondary N) is 2. The number of hydrogen-bond donors (Lipinski definition) is 2. The Morgan fingerprint density at radius 1 is 1.40 bits per heavy atom. The van der Waals surface area contributed by atoms with Crippen LogP contribution in [0.15, 0.2) is 23.1 Å². The molecule has 0 aromatic heterocycles. The van der Waals surface area contributed by atoms with E-state index in [1.165, 1.54) is 20.2 Å². The highest BCUT2D eigenvalue weighted by atomic mass is 32.2. The molecule has 7 heteroatoms. The number of benzene rings is 1. The third-order valence-corrected chi connectivity index (χ3v) is 4.54. The lowest BCUT2D eigenvalue weighted by Crippen LogP contribution is -2.30. The fraction of sp³-hybridized carbons (Fsp3) is 0.462. The molecule has 1 aromatic rings. The molecule has 1 rings (SSSR count). The number of methoxy groups -OCH3 is 1. The number of carbonyl (C=O) groups is 1. The number of anilines is 1. The van der Waals surface area contributed by atoms with Gasteiger partial charge in [0.25, 0.3) is 0 Å². The van der Waals surface area contributed by atoms with Gasteiger partial charge in [-0.1, -0.05) is 13.0 Å². The topological polar surface area (TPSA) is 84.5 Å². The molecule has 0 amide bonds. The molecule has 0 spiro atoms. The Morgan fingerprint density at radius 3 is 2.55 bits per heavy atom. The lowest BCUT2D eigenvalue weighted by molar-refractivity contribution is -0.141. The molecular formula is C13H20N2O4S. The Labute approximate surface area is 119 Å². The molecule has 0 aliphatic heterocycles. The van der Waals surface area contributed by atoms with Crippen LogP contribution in [0, 0.1) is 6.92 Å². The van der Waals surface area contributed by atoms with E-state index in [2.05, 4.69) is 14.8 Å². The van der Waals surface area contributed by atoms with E-state index >= 15 is 0 Å². The molecule has 1 unspecified atom stereocenters. The molecule has 0 aliphatic carbocycles. The summed E-state index contributed by atoms with van der Waals surface area (Å²) >= 11 is 0. The van der Waals surface area contributed by atoms with Crippen LogP contribution >= 0.6 is 0 Å². The van der Waals surface area contributed by atoms with Crippen LogP contribution in [0.4, 0.5) is 5.69 Å². The first-order valence-electron chi connectivity index (χ1n) is 6.24. The van der Waals surface area contributed by atoms with Gasteiger partial charge in [-0.25, -0.2) is 17.9 Å². The van der Waals surface area contributed by atoms with Gasteiger partial charge in [-0.05, 0) is 38.1 Å². The first kappa shape index (κ1) is 16.5. The highest BCUT2D eigenvalue weighted by Crippen LogP contribution is 2.21. The minimum Gasteiger partial charge on any atom is -0.467 e. The first-order chi connectivity index (χ1) is 9.35. The molecule has 0 fully saturated rings. The van der Waals surface area contributed by atoms with Crippen LogP contribution in [0.1, 0.15) is 18.9 Å². The number of ether oxygens (including phenoxy) is 1. The fourth-order valence-corrected chi connectivity index (χ4v) is 2.75. The fourth-order valence-electron chi connectivity index (χ4n) is 1.76. The van der Waals surface area contributed by atoms with E-state index in [0.717, 1.165) is 0 Å². The van der Waals surface area contributed by atoms with Gasteiger partial charge < -0.3 is 10.1 Å². The first-order valence-corrected chi connectivity index (χ1v) is 7.72. The van der Waals surface area contributed by atoms with Gasteiger partial charge in [0.05, 0.1) is 12.0 Å². The van der Waals surface area contributed by atoms with E-state index in [4.69, 9.17) is 0 Å². The molecule has 112 valence electrons. The van der Waals surface area contributed by atoms with E-state index in [1.54, 1.807) is 19.1 Å². The maximum atomic E-state index is 11.9. The van der Waals surface area contributed by atoms with Crippen molar-refractivity contribution >= 4 is 21.7 Å². The predicted octanol–water partition coefficient (Wildman–Crippen LogP) is 1.27. The summed E-state index contributed by atoms with van der Waals surface area (Å²) < 4.78 is 30.7. The highest BCUT2D eigenvalue weighted by molar-refractivity contribution is 7.89. The Hall–Kier alpha value is -1.60. The molecule has 0 bridgehead atoms. The number of sulfonamides is 1. The van der Waals surface area contributed by atoms with Crippen LogP contribution in [0.25, 0.3) is 0 Å². The maximum Gasteiger partial charge on any atom is 0.328 e. The van der Waals surface area contributed by atoms with Crippen molar-refractivity contribution in [2.75, 3.05) is 19.5 Å². The minimum absolute atomic E-state index is 0.185. The third kappa shape index (κ3) is 3.71. The summed E-state index contributed by atoms with van der Waals surface area (Å²) in [5.41, 5.74) is 1.19. The highest BCUT2D eigenvalue weighted by Gasteiger charge is 2.19. The second-order valence-electron chi connectivity index (χ2n) is 4.32. The smallest absolute Gasteiger partial charge is 0.328 e. The predicted molar refractivity (Wildman–Crippen MR) is 77.1 cm³/mol. The third-order valence-electron chi connectivity index (χ3n) is 2.98. The van der Waals surface area contributed by atoms with Crippen LogP contribution in [-0.4, -0.2) is 34.6 Å². The van der Waals surface area contributed by atoms with Gasteiger partial charge in [0.15, 0.2) is 0 Å². The van der Waals surface area contributed by atoms with Crippen LogP contribution in [0.5, 0.6) is 0 Å². The molecule has 20 heavy (non-hydrogen) atoms. The van der Waals surface area contributed by atoms with Crippen molar-refractivity contribution in [3.05, 3.63) is 23.8 Å². The molecule has 0 aliphatic rings. The van der Waals surface area contributed by atoms with Crippen molar-refractivity contribution in [2.24, 2.45) is 0 Å². The lowest BCUT2D eigenvalue weighted by Gasteiger charge is -2.17. The summed E-state index contributed by atoms with van der Waals surface area (Å²) in [5, 5.41) is 2.98. The molecule has 1 aromatic carbocycles. The van der Waals surface area contributed by atoms with Crippen molar-refractivity contribution in [2.45, 2.75) is 31.2 Å². The molecule has 2 N–H and O–H groups in total. The van der Waals surface area contributed by atoms with Crippen molar-refractivity contribution in [3.63, 3.8) is 0 Å². The molecular weight excluding hydrogens is 280 g/mol.